The van der Waals surface area contributed by atoms with Crippen LogP contribution in [-0.2, 0) is 22.7 Å². The number of halogens is 3. The fourth-order valence-corrected chi connectivity index (χ4v) is 5.55. The van der Waals surface area contributed by atoms with Crippen molar-refractivity contribution in [1.82, 2.24) is 13.9 Å². The third-order valence-electron chi connectivity index (χ3n) is 6.13. The Kier molecular flexibility index (Phi) is 6.21. The van der Waals surface area contributed by atoms with Crippen LogP contribution in [-0.4, -0.2) is 52.7 Å². The molecule has 3 atom stereocenters. The summed E-state index contributed by atoms with van der Waals surface area (Å²) < 4.78 is 69.2. The first kappa shape index (κ1) is 24.2. The van der Waals surface area contributed by atoms with Crippen LogP contribution in [0.4, 0.5) is 18.9 Å². The van der Waals surface area contributed by atoms with E-state index >= 15 is 0 Å². The van der Waals surface area contributed by atoms with Crippen molar-refractivity contribution in [2.45, 2.75) is 35.7 Å². The number of aliphatic hydroxyl groups is 1. The minimum Gasteiger partial charge on any atom is -0.380 e. The van der Waals surface area contributed by atoms with Crippen molar-refractivity contribution in [3.63, 3.8) is 0 Å². The van der Waals surface area contributed by atoms with Crippen molar-refractivity contribution in [1.29, 1.82) is 0 Å². The van der Waals surface area contributed by atoms with E-state index in [1.54, 1.807) is 17.7 Å². The SMILES string of the molecule is Cn1cnc(S(=O)(=O)N2C[C@H](Nc3cccc(C(C)(O)C(F)(F)F)c3)[C@@H](c3ccccc3)C2)c1. The van der Waals surface area contributed by atoms with Crippen molar-refractivity contribution in [2.75, 3.05) is 18.4 Å². The Morgan fingerprint density at radius 1 is 1.09 bits per heavy atom. The molecule has 4 rings (SSSR count). The average Bonchev–Trinajstić information content (AvgIpc) is 3.41. The van der Waals surface area contributed by atoms with Gasteiger partial charge in [-0.25, -0.2) is 13.4 Å². The Balaban J connectivity index is 1.65. The zero-order valence-electron chi connectivity index (χ0n) is 18.6. The van der Waals surface area contributed by atoms with Crippen molar-refractivity contribution in [2.24, 2.45) is 7.05 Å². The Morgan fingerprint density at radius 2 is 1.79 bits per heavy atom. The van der Waals surface area contributed by atoms with Gasteiger partial charge >= 0.3 is 6.18 Å². The molecule has 1 aliphatic heterocycles. The second-order valence-electron chi connectivity index (χ2n) is 8.62. The fraction of sp³-hybridized carbons (Fsp3) is 0.348. The Labute approximate surface area is 195 Å². The van der Waals surface area contributed by atoms with E-state index in [0.717, 1.165) is 5.56 Å². The summed E-state index contributed by atoms with van der Waals surface area (Å²) in [5.41, 5.74) is -2.08. The molecule has 1 saturated heterocycles. The van der Waals surface area contributed by atoms with Crippen LogP contribution in [0.25, 0.3) is 0 Å². The molecule has 0 aliphatic carbocycles. The van der Waals surface area contributed by atoms with Crippen LogP contribution in [0.15, 0.2) is 72.1 Å². The van der Waals surface area contributed by atoms with E-state index in [-0.39, 0.29) is 29.6 Å². The van der Waals surface area contributed by atoms with E-state index in [0.29, 0.717) is 12.6 Å². The molecule has 0 spiro atoms. The van der Waals surface area contributed by atoms with Crippen molar-refractivity contribution >= 4 is 15.7 Å². The first-order valence-electron chi connectivity index (χ1n) is 10.6. The molecule has 3 aromatic rings. The smallest absolute Gasteiger partial charge is 0.380 e. The highest BCUT2D eigenvalue weighted by Gasteiger charge is 2.51. The normalized spacial score (nSPS) is 21.4. The lowest BCUT2D eigenvalue weighted by Crippen LogP contribution is -2.39. The van der Waals surface area contributed by atoms with Gasteiger partial charge in [0.2, 0.25) is 0 Å². The molecule has 1 aromatic heterocycles. The van der Waals surface area contributed by atoms with Crippen LogP contribution in [0.5, 0.6) is 0 Å². The van der Waals surface area contributed by atoms with Gasteiger partial charge in [-0.15, -0.1) is 0 Å². The van der Waals surface area contributed by atoms with Crippen LogP contribution >= 0.6 is 0 Å². The van der Waals surface area contributed by atoms with Gasteiger partial charge in [0.25, 0.3) is 10.0 Å². The van der Waals surface area contributed by atoms with Gasteiger partial charge < -0.3 is 15.0 Å². The molecule has 1 aliphatic rings. The fourth-order valence-electron chi connectivity index (χ4n) is 4.09. The topological polar surface area (TPSA) is 87.5 Å². The second kappa shape index (κ2) is 8.71. The summed E-state index contributed by atoms with van der Waals surface area (Å²) in [4.78, 5) is 3.98. The number of rotatable bonds is 6. The summed E-state index contributed by atoms with van der Waals surface area (Å²) in [6, 6.07) is 14.4. The minimum absolute atomic E-state index is 0.0642. The number of alkyl halides is 3. The molecule has 182 valence electrons. The van der Waals surface area contributed by atoms with Crippen molar-refractivity contribution in [3.05, 3.63) is 78.2 Å². The summed E-state index contributed by atoms with van der Waals surface area (Å²) >= 11 is 0. The molecule has 1 unspecified atom stereocenters. The van der Waals surface area contributed by atoms with Crippen LogP contribution in [0.1, 0.15) is 24.0 Å². The lowest BCUT2D eigenvalue weighted by Gasteiger charge is -2.28. The Hall–Kier alpha value is -2.89. The number of nitrogens with one attached hydrogen (secondary N) is 1. The third-order valence-corrected chi connectivity index (χ3v) is 7.85. The number of benzene rings is 2. The number of aryl methyl sites for hydroxylation is 1. The molecular weight excluding hydrogens is 469 g/mol. The molecule has 7 nitrogen and oxygen atoms in total. The van der Waals surface area contributed by atoms with Crippen LogP contribution in [0.2, 0.25) is 0 Å². The summed E-state index contributed by atoms with van der Waals surface area (Å²) in [7, 11) is -2.19. The molecule has 2 aromatic carbocycles. The molecule has 34 heavy (non-hydrogen) atoms. The van der Waals surface area contributed by atoms with E-state index in [2.05, 4.69) is 10.3 Å². The van der Waals surface area contributed by atoms with E-state index < -0.39 is 27.8 Å². The lowest BCUT2D eigenvalue weighted by atomic mass is 9.93. The molecule has 0 radical (unpaired) electrons. The number of hydrogen-bond acceptors (Lipinski definition) is 5. The Morgan fingerprint density at radius 3 is 2.41 bits per heavy atom. The summed E-state index contributed by atoms with van der Waals surface area (Å²) in [5, 5.41) is 13.2. The van der Waals surface area contributed by atoms with Crippen molar-refractivity contribution in [3.8, 4) is 0 Å². The van der Waals surface area contributed by atoms with Gasteiger partial charge in [0.15, 0.2) is 10.6 Å². The maximum Gasteiger partial charge on any atom is 0.421 e. The van der Waals surface area contributed by atoms with Gasteiger partial charge in [0.1, 0.15) is 0 Å². The molecule has 0 saturated carbocycles. The predicted octanol–water partition coefficient (Wildman–Crippen LogP) is 3.46. The third kappa shape index (κ3) is 4.55. The van der Waals surface area contributed by atoms with E-state index in [1.165, 1.54) is 35.0 Å². The van der Waals surface area contributed by atoms with E-state index in [4.69, 9.17) is 0 Å². The monoisotopic (exact) mass is 494 g/mol. The second-order valence-corrected chi connectivity index (χ2v) is 10.5. The molecular formula is C23H25F3N4O3S. The van der Waals surface area contributed by atoms with Crippen LogP contribution in [0, 0.1) is 0 Å². The summed E-state index contributed by atoms with van der Waals surface area (Å²) in [6.45, 7) is 0.981. The van der Waals surface area contributed by atoms with Gasteiger partial charge in [-0.3, -0.25) is 0 Å². The zero-order valence-corrected chi connectivity index (χ0v) is 19.4. The molecule has 1 fully saturated rings. The zero-order chi connectivity index (χ0) is 24.7. The summed E-state index contributed by atoms with van der Waals surface area (Å²) in [6.07, 6.45) is -2.01. The molecule has 2 N–H and O–H groups in total. The van der Waals surface area contributed by atoms with Crippen LogP contribution < -0.4 is 5.32 Å². The van der Waals surface area contributed by atoms with Gasteiger partial charge in [-0.2, -0.15) is 17.5 Å². The van der Waals surface area contributed by atoms with E-state index in [1.807, 2.05) is 30.3 Å². The molecule has 0 bridgehead atoms. The maximum atomic E-state index is 13.3. The number of sulfonamides is 1. The maximum absolute atomic E-state index is 13.3. The highest BCUT2D eigenvalue weighted by Crippen LogP contribution is 2.40. The van der Waals surface area contributed by atoms with Gasteiger partial charge in [0, 0.05) is 44.0 Å². The summed E-state index contributed by atoms with van der Waals surface area (Å²) in [5.74, 6) is -0.258. The first-order valence-corrected chi connectivity index (χ1v) is 12.0. The van der Waals surface area contributed by atoms with E-state index in [9.17, 15) is 26.7 Å². The molecule has 11 heteroatoms. The highest BCUT2D eigenvalue weighted by molar-refractivity contribution is 7.89. The van der Waals surface area contributed by atoms with Crippen molar-refractivity contribution < 1.29 is 26.7 Å². The average molecular weight is 495 g/mol. The standard InChI is InChI=1S/C23H25F3N4O3S/c1-22(31,23(24,25)26)17-9-6-10-18(11-17)28-20-13-30(12-19(20)16-7-4-3-5-8-16)34(32,33)21-14-29(2)15-27-21/h3-11,14-15,19-20,28,31H,12-13H2,1-2H3/t19-,20+,22?/m1/s1. The number of nitrogens with zero attached hydrogens (tertiary/aromatic N) is 3. The number of anilines is 1. The number of aromatic nitrogens is 2. The highest BCUT2D eigenvalue weighted by atomic mass is 32.2. The molecule has 0 amide bonds. The van der Waals surface area contributed by atoms with Gasteiger partial charge in [-0.05, 0) is 30.2 Å². The van der Waals surface area contributed by atoms with Crippen LogP contribution in [0.3, 0.4) is 0 Å². The number of imidazole rings is 1. The largest absolute Gasteiger partial charge is 0.421 e. The quantitative estimate of drug-likeness (QED) is 0.548. The minimum atomic E-state index is -4.85. The van der Waals surface area contributed by atoms with Gasteiger partial charge in [0.05, 0.1) is 6.33 Å². The molecule has 2 heterocycles. The first-order chi connectivity index (χ1) is 15.9. The number of hydrogen-bond donors (Lipinski definition) is 2. The lowest BCUT2D eigenvalue weighted by molar-refractivity contribution is -0.258. The Bertz CT molecular complexity index is 1260. The predicted molar refractivity (Wildman–Crippen MR) is 121 cm³/mol. The van der Waals surface area contributed by atoms with Gasteiger partial charge in [-0.1, -0.05) is 42.5 Å².